The van der Waals surface area contributed by atoms with Crippen molar-refractivity contribution in [3.8, 4) is 11.5 Å². The zero-order valence-electron chi connectivity index (χ0n) is 16.2. The Hall–Kier alpha value is -3.32. The third-order valence-electron chi connectivity index (χ3n) is 4.86. The normalized spacial score (nSPS) is 15.2. The number of amides is 1. The molecule has 148 valence electrons. The monoisotopic (exact) mass is 407 g/mol. The van der Waals surface area contributed by atoms with Crippen LogP contribution in [0.5, 0.6) is 11.5 Å². The first-order chi connectivity index (χ1) is 14.1. The average molecular weight is 407 g/mol. The van der Waals surface area contributed by atoms with Crippen LogP contribution < -0.4 is 14.8 Å². The molecule has 1 N–H and O–H groups in total. The van der Waals surface area contributed by atoms with Gasteiger partial charge in [-0.25, -0.2) is 0 Å². The number of hydrogen-bond donors (Lipinski definition) is 1. The van der Waals surface area contributed by atoms with Crippen molar-refractivity contribution in [3.63, 3.8) is 0 Å². The van der Waals surface area contributed by atoms with Gasteiger partial charge in [-0.2, -0.15) is 0 Å². The van der Waals surface area contributed by atoms with E-state index < -0.39 is 0 Å². The zero-order chi connectivity index (χ0) is 20.4. The number of benzene rings is 2. The third kappa shape index (κ3) is 3.82. The third-order valence-corrected chi connectivity index (χ3v) is 5.24. The minimum atomic E-state index is -0.130. The number of para-hydroxylation sites is 1. The second kappa shape index (κ2) is 7.97. The van der Waals surface area contributed by atoms with Gasteiger partial charge in [0.05, 0.1) is 13.7 Å². The number of hydrogen-bond acceptors (Lipinski definition) is 4. The molecule has 29 heavy (non-hydrogen) atoms. The molecule has 1 amide bonds. The molecule has 1 aromatic heterocycles. The molecule has 6 nitrogen and oxygen atoms in total. The standard InChI is InChI=1S/C22H21N3O3S/c1-24-21(26)19(23-22(24)29)13-15-14-25(20-6-4-3-5-18(15)20)11-12-28-17-9-7-16(27-2)8-10-17/h3-10,13-14H,11-12H2,1-2H3,(H,23,29)/b19-13-. The maximum Gasteiger partial charge on any atom is 0.276 e. The Balaban J connectivity index is 1.54. The molecule has 4 rings (SSSR count). The molecule has 1 aliphatic rings. The number of nitrogens with one attached hydrogen (secondary N) is 1. The number of rotatable bonds is 6. The van der Waals surface area contributed by atoms with Gasteiger partial charge in [0.25, 0.3) is 5.91 Å². The summed E-state index contributed by atoms with van der Waals surface area (Å²) in [6.45, 7) is 1.19. The van der Waals surface area contributed by atoms with E-state index >= 15 is 0 Å². The minimum absolute atomic E-state index is 0.130. The maximum atomic E-state index is 12.3. The SMILES string of the molecule is COc1ccc(OCCn2cc(/C=C3\NC(=S)N(C)C3=O)c3ccccc32)cc1. The summed E-state index contributed by atoms with van der Waals surface area (Å²) in [5.41, 5.74) is 2.52. The topological polar surface area (TPSA) is 55.7 Å². The van der Waals surface area contributed by atoms with E-state index in [1.54, 1.807) is 14.2 Å². The van der Waals surface area contributed by atoms with Crippen LogP contribution in [-0.4, -0.2) is 41.3 Å². The Bertz CT molecular complexity index is 1100. The van der Waals surface area contributed by atoms with E-state index in [1.807, 2.05) is 54.7 Å². The molecule has 1 fully saturated rings. The highest BCUT2D eigenvalue weighted by molar-refractivity contribution is 7.80. The summed E-state index contributed by atoms with van der Waals surface area (Å²) in [6.07, 6.45) is 3.88. The second-order valence-corrected chi connectivity index (χ2v) is 7.06. The molecule has 3 aromatic rings. The lowest BCUT2D eigenvalue weighted by atomic mass is 10.1. The quantitative estimate of drug-likeness (QED) is 0.501. The molecule has 0 unspecified atom stereocenters. The zero-order valence-corrected chi connectivity index (χ0v) is 17.0. The predicted molar refractivity (Wildman–Crippen MR) is 117 cm³/mol. The number of likely N-dealkylation sites (N-methyl/N-ethyl adjacent to an activating group) is 1. The fraction of sp³-hybridized carbons (Fsp3) is 0.182. The van der Waals surface area contributed by atoms with Gasteiger partial charge in [-0.1, -0.05) is 18.2 Å². The molecule has 0 atom stereocenters. The highest BCUT2D eigenvalue weighted by atomic mass is 32.1. The fourth-order valence-electron chi connectivity index (χ4n) is 3.29. The van der Waals surface area contributed by atoms with Crippen LogP contribution in [0.4, 0.5) is 0 Å². The summed E-state index contributed by atoms with van der Waals surface area (Å²) < 4.78 is 13.2. The van der Waals surface area contributed by atoms with Gasteiger partial charge < -0.3 is 19.4 Å². The summed E-state index contributed by atoms with van der Waals surface area (Å²) >= 11 is 5.16. The number of aromatic nitrogens is 1. The molecule has 2 aromatic carbocycles. The molecular formula is C22H21N3O3S. The molecule has 7 heteroatoms. The molecule has 0 radical (unpaired) electrons. The van der Waals surface area contributed by atoms with Crippen LogP contribution in [0, 0.1) is 0 Å². The fourth-order valence-corrected chi connectivity index (χ4v) is 3.48. The molecule has 0 saturated carbocycles. The van der Waals surface area contributed by atoms with Crippen molar-refractivity contribution < 1.29 is 14.3 Å². The average Bonchev–Trinajstić information content (AvgIpc) is 3.21. The maximum absolute atomic E-state index is 12.3. The molecule has 0 spiro atoms. The summed E-state index contributed by atoms with van der Waals surface area (Å²) in [4.78, 5) is 13.7. The van der Waals surface area contributed by atoms with Gasteiger partial charge in [-0.3, -0.25) is 9.69 Å². The molecule has 2 heterocycles. The Morgan fingerprint density at radius 2 is 1.83 bits per heavy atom. The van der Waals surface area contributed by atoms with Gasteiger partial charge >= 0.3 is 0 Å². The number of thiocarbonyl (C=S) groups is 1. The van der Waals surface area contributed by atoms with Crippen LogP contribution in [0.25, 0.3) is 17.0 Å². The number of ether oxygens (including phenoxy) is 2. The van der Waals surface area contributed by atoms with Crippen LogP contribution in [0.15, 0.2) is 60.4 Å². The summed E-state index contributed by atoms with van der Waals surface area (Å²) in [6, 6.07) is 15.6. The summed E-state index contributed by atoms with van der Waals surface area (Å²) in [5.74, 6) is 1.46. The first-order valence-electron chi connectivity index (χ1n) is 9.22. The van der Waals surface area contributed by atoms with E-state index in [9.17, 15) is 4.79 Å². The summed E-state index contributed by atoms with van der Waals surface area (Å²) in [5, 5.41) is 4.46. The van der Waals surface area contributed by atoms with Crippen molar-refractivity contribution in [2.24, 2.45) is 0 Å². The molecule has 0 bridgehead atoms. The number of carbonyl (C=O) groups is 1. The molecule has 0 aliphatic carbocycles. The van der Waals surface area contributed by atoms with Crippen molar-refractivity contribution in [1.29, 1.82) is 0 Å². The number of carbonyl (C=O) groups excluding carboxylic acids is 1. The Morgan fingerprint density at radius 3 is 2.52 bits per heavy atom. The Morgan fingerprint density at radius 1 is 1.10 bits per heavy atom. The largest absolute Gasteiger partial charge is 0.497 e. The van der Waals surface area contributed by atoms with Crippen LogP contribution in [-0.2, 0) is 11.3 Å². The van der Waals surface area contributed by atoms with E-state index in [2.05, 4.69) is 16.0 Å². The van der Waals surface area contributed by atoms with E-state index in [-0.39, 0.29) is 5.91 Å². The van der Waals surface area contributed by atoms with Crippen LogP contribution in [0.1, 0.15) is 5.56 Å². The minimum Gasteiger partial charge on any atom is -0.497 e. The van der Waals surface area contributed by atoms with Crippen molar-refractivity contribution in [2.75, 3.05) is 20.8 Å². The lowest BCUT2D eigenvalue weighted by molar-refractivity contribution is -0.121. The van der Waals surface area contributed by atoms with Gasteiger partial charge in [0.1, 0.15) is 23.8 Å². The van der Waals surface area contributed by atoms with Gasteiger partial charge in [0, 0.05) is 29.7 Å². The van der Waals surface area contributed by atoms with Crippen molar-refractivity contribution in [2.45, 2.75) is 6.54 Å². The van der Waals surface area contributed by atoms with Gasteiger partial charge in [-0.15, -0.1) is 0 Å². The highest BCUT2D eigenvalue weighted by Gasteiger charge is 2.27. The van der Waals surface area contributed by atoms with Crippen molar-refractivity contribution >= 4 is 40.2 Å². The first-order valence-corrected chi connectivity index (χ1v) is 9.63. The lowest BCUT2D eigenvalue weighted by Gasteiger charge is -2.09. The number of fused-ring (bicyclic) bond motifs is 1. The highest BCUT2D eigenvalue weighted by Crippen LogP contribution is 2.25. The first kappa shape index (κ1) is 19.0. The van der Waals surface area contributed by atoms with Crippen LogP contribution >= 0.6 is 12.2 Å². The van der Waals surface area contributed by atoms with E-state index in [1.165, 1.54) is 4.90 Å². The van der Waals surface area contributed by atoms with E-state index in [0.717, 1.165) is 28.0 Å². The molecular weight excluding hydrogens is 386 g/mol. The predicted octanol–water partition coefficient (Wildman–Crippen LogP) is 3.42. The Kier molecular flexibility index (Phi) is 5.22. The van der Waals surface area contributed by atoms with Crippen LogP contribution in [0.3, 0.4) is 0 Å². The smallest absolute Gasteiger partial charge is 0.276 e. The summed E-state index contributed by atoms with van der Waals surface area (Å²) in [7, 11) is 3.30. The lowest BCUT2D eigenvalue weighted by Crippen LogP contribution is -2.25. The molecule has 1 aliphatic heterocycles. The number of nitrogens with zero attached hydrogens (tertiary/aromatic N) is 2. The second-order valence-electron chi connectivity index (χ2n) is 6.67. The Labute approximate surface area is 174 Å². The number of methoxy groups -OCH3 is 1. The molecule has 1 saturated heterocycles. The van der Waals surface area contributed by atoms with E-state index in [4.69, 9.17) is 21.7 Å². The van der Waals surface area contributed by atoms with Gasteiger partial charge in [-0.05, 0) is 48.6 Å². The van der Waals surface area contributed by atoms with Gasteiger partial charge in [0.15, 0.2) is 5.11 Å². The van der Waals surface area contributed by atoms with Crippen molar-refractivity contribution in [3.05, 3.63) is 66.0 Å². The van der Waals surface area contributed by atoms with Gasteiger partial charge in [0.2, 0.25) is 0 Å². The van der Waals surface area contributed by atoms with Crippen molar-refractivity contribution in [1.82, 2.24) is 14.8 Å². The van der Waals surface area contributed by atoms with E-state index in [0.29, 0.717) is 24.0 Å². The van der Waals surface area contributed by atoms with Crippen LogP contribution in [0.2, 0.25) is 0 Å².